The minimum atomic E-state index is -0.536. The summed E-state index contributed by atoms with van der Waals surface area (Å²) in [5, 5.41) is 10.4. The zero-order valence-electron chi connectivity index (χ0n) is 21.7. The maximum atomic E-state index is 13.8. The van der Waals surface area contributed by atoms with Crippen LogP contribution in [0.5, 0.6) is 5.75 Å². The average Bonchev–Trinajstić information content (AvgIpc) is 2.88. The number of anilines is 1. The maximum Gasteiger partial charge on any atom is 0.162 e. The van der Waals surface area contributed by atoms with E-state index in [1.54, 1.807) is 19.5 Å². The first-order chi connectivity index (χ1) is 17.8. The first kappa shape index (κ1) is 25.0. The summed E-state index contributed by atoms with van der Waals surface area (Å²) in [4.78, 5) is 22.2. The Hall–Kier alpha value is -3.67. The number of carbonyl (C=O) groups excluding carboxylic acids is 1. The van der Waals surface area contributed by atoms with E-state index in [-0.39, 0.29) is 11.2 Å². The number of hydrogen-bond donors (Lipinski definition) is 1. The summed E-state index contributed by atoms with van der Waals surface area (Å²) in [5.41, 5.74) is 11.0. The number of nitrogens with two attached hydrogens (primary N) is 1. The maximum absolute atomic E-state index is 13.8. The Morgan fingerprint density at radius 3 is 2.70 bits per heavy atom. The monoisotopic (exact) mass is 499 g/mol. The average molecular weight is 500 g/mol. The van der Waals surface area contributed by atoms with Gasteiger partial charge in [0.25, 0.3) is 0 Å². The third-order valence-electron chi connectivity index (χ3n) is 7.42. The van der Waals surface area contributed by atoms with Crippen molar-refractivity contribution in [2.75, 3.05) is 38.3 Å². The Labute approximate surface area is 218 Å². The number of allylic oxidation sites excluding steroid dienone is 3. The topological polar surface area (TPSA) is 105 Å². The zero-order chi connectivity index (χ0) is 26.2. The highest BCUT2D eigenvalue weighted by Gasteiger charge is 2.44. The van der Waals surface area contributed by atoms with Gasteiger partial charge in [-0.2, -0.15) is 5.26 Å². The number of aromatic nitrogens is 1. The van der Waals surface area contributed by atoms with Gasteiger partial charge in [-0.05, 0) is 41.7 Å². The second kappa shape index (κ2) is 10.0. The van der Waals surface area contributed by atoms with Crippen molar-refractivity contribution >= 4 is 11.5 Å². The van der Waals surface area contributed by atoms with E-state index >= 15 is 0 Å². The second-order valence-electron chi connectivity index (χ2n) is 10.7. The number of methoxy groups -OCH3 is 1. The number of morpholine rings is 1. The third kappa shape index (κ3) is 4.73. The standard InChI is InChI=1S/C29H33N5O3/c1-29(2)14-23-27(24(35)15-29)26(22(16-30)28(31)34(23)21-5-4-8-32-17-21)19-6-7-25(36-3)20(13-19)18-33-9-11-37-12-10-33/h4-8,13,17,26H,9-12,14-15,18,31H2,1-3H3. The van der Waals surface area contributed by atoms with Crippen molar-refractivity contribution in [3.05, 3.63) is 76.5 Å². The van der Waals surface area contributed by atoms with Gasteiger partial charge in [-0.15, -0.1) is 0 Å². The molecule has 0 bridgehead atoms. The molecule has 37 heavy (non-hydrogen) atoms. The fourth-order valence-electron chi connectivity index (χ4n) is 5.72. The van der Waals surface area contributed by atoms with Crippen LogP contribution in [0.3, 0.4) is 0 Å². The van der Waals surface area contributed by atoms with Crippen LogP contribution < -0.4 is 15.4 Å². The lowest BCUT2D eigenvalue weighted by molar-refractivity contribution is -0.118. The zero-order valence-corrected chi connectivity index (χ0v) is 21.7. The molecule has 8 heteroatoms. The molecule has 1 saturated heterocycles. The molecule has 1 unspecified atom stereocenters. The van der Waals surface area contributed by atoms with Gasteiger partial charge in [-0.3, -0.25) is 19.6 Å². The van der Waals surface area contributed by atoms with Crippen LogP contribution in [0.1, 0.15) is 43.7 Å². The molecule has 1 aromatic heterocycles. The molecule has 192 valence electrons. The molecule has 8 nitrogen and oxygen atoms in total. The minimum Gasteiger partial charge on any atom is -0.496 e. The van der Waals surface area contributed by atoms with Gasteiger partial charge in [0.15, 0.2) is 5.78 Å². The largest absolute Gasteiger partial charge is 0.496 e. The second-order valence-corrected chi connectivity index (χ2v) is 10.7. The Kier molecular flexibility index (Phi) is 6.76. The molecule has 5 rings (SSSR count). The van der Waals surface area contributed by atoms with Crippen molar-refractivity contribution in [3.63, 3.8) is 0 Å². The molecule has 3 heterocycles. The van der Waals surface area contributed by atoms with Crippen molar-refractivity contribution in [1.82, 2.24) is 9.88 Å². The summed E-state index contributed by atoms with van der Waals surface area (Å²) in [6.45, 7) is 7.98. The van der Waals surface area contributed by atoms with E-state index in [9.17, 15) is 10.1 Å². The van der Waals surface area contributed by atoms with Gasteiger partial charge in [0.05, 0.1) is 49.8 Å². The number of nitrogens with zero attached hydrogens (tertiary/aromatic N) is 4. The normalized spacial score (nSPS) is 22.1. The summed E-state index contributed by atoms with van der Waals surface area (Å²) >= 11 is 0. The molecule has 0 spiro atoms. The molecule has 3 aliphatic rings. The number of ketones is 1. The van der Waals surface area contributed by atoms with Gasteiger partial charge < -0.3 is 15.2 Å². The summed E-state index contributed by atoms with van der Waals surface area (Å²) in [6, 6.07) is 12.0. The van der Waals surface area contributed by atoms with E-state index in [0.717, 1.165) is 41.4 Å². The third-order valence-corrected chi connectivity index (χ3v) is 7.42. The fraction of sp³-hybridized carbons (Fsp3) is 0.414. The predicted molar refractivity (Wildman–Crippen MR) is 140 cm³/mol. The molecule has 1 aromatic carbocycles. The Bertz CT molecular complexity index is 1300. The lowest BCUT2D eigenvalue weighted by Crippen LogP contribution is -2.42. The van der Waals surface area contributed by atoms with E-state index < -0.39 is 5.92 Å². The van der Waals surface area contributed by atoms with Crippen LogP contribution in [0.2, 0.25) is 0 Å². The van der Waals surface area contributed by atoms with Gasteiger partial charge in [-0.25, -0.2) is 0 Å². The van der Waals surface area contributed by atoms with Crippen LogP contribution in [0, 0.1) is 16.7 Å². The van der Waals surface area contributed by atoms with Crippen molar-refractivity contribution in [1.29, 1.82) is 5.26 Å². The number of carbonyl (C=O) groups is 1. The van der Waals surface area contributed by atoms with Crippen molar-refractivity contribution in [2.45, 2.75) is 39.2 Å². The van der Waals surface area contributed by atoms with Crippen LogP contribution >= 0.6 is 0 Å². The number of ether oxygens (including phenoxy) is 2. The summed E-state index contributed by atoms with van der Waals surface area (Å²) in [7, 11) is 1.66. The van der Waals surface area contributed by atoms with E-state index in [0.29, 0.717) is 49.6 Å². The molecule has 0 saturated carbocycles. The summed E-state index contributed by atoms with van der Waals surface area (Å²) < 4.78 is 11.2. The van der Waals surface area contributed by atoms with E-state index in [1.165, 1.54) is 0 Å². The van der Waals surface area contributed by atoms with Crippen LogP contribution in [0.25, 0.3) is 0 Å². The predicted octanol–water partition coefficient (Wildman–Crippen LogP) is 3.86. The Balaban J connectivity index is 1.66. The fourth-order valence-corrected chi connectivity index (χ4v) is 5.72. The number of rotatable bonds is 5. The lowest BCUT2D eigenvalue weighted by Gasteiger charge is -2.43. The molecular weight excluding hydrogens is 466 g/mol. The molecular formula is C29H33N5O3. The smallest absolute Gasteiger partial charge is 0.162 e. The van der Waals surface area contributed by atoms with Crippen LogP contribution in [0.15, 0.2) is 65.4 Å². The highest BCUT2D eigenvalue weighted by Crippen LogP contribution is 2.50. The number of pyridine rings is 1. The van der Waals surface area contributed by atoms with E-state index in [1.807, 2.05) is 29.2 Å². The summed E-state index contributed by atoms with van der Waals surface area (Å²) in [5.74, 6) is 0.640. The quantitative estimate of drug-likeness (QED) is 0.661. The molecule has 0 amide bonds. The molecule has 2 N–H and O–H groups in total. The number of benzene rings is 1. The molecule has 1 atom stereocenters. The highest BCUT2D eigenvalue weighted by molar-refractivity contribution is 6.01. The lowest BCUT2D eigenvalue weighted by atomic mass is 9.68. The van der Waals surface area contributed by atoms with Gasteiger partial charge in [-0.1, -0.05) is 19.9 Å². The van der Waals surface area contributed by atoms with Gasteiger partial charge >= 0.3 is 0 Å². The Morgan fingerprint density at radius 1 is 1.24 bits per heavy atom. The number of hydrogen-bond acceptors (Lipinski definition) is 8. The molecule has 2 aliphatic heterocycles. The first-order valence-electron chi connectivity index (χ1n) is 12.7. The highest BCUT2D eigenvalue weighted by atomic mass is 16.5. The van der Waals surface area contributed by atoms with Gasteiger partial charge in [0, 0.05) is 49.1 Å². The molecule has 0 radical (unpaired) electrons. The molecule has 1 aliphatic carbocycles. The van der Waals surface area contributed by atoms with E-state index in [4.69, 9.17) is 15.2 Å². The first-order valence-corrected chi connectivity index (χ1v) is 12.7. The Morgan fingerprint density at radius 2 is 2.03 bits per heavy atom. The molecule has 2 aromatic rings. The van der Waals surface area contributed by atoms with Gasteiger partial charge in [0.2, 0.25) is 0 Å². The van der Waals surface area contributed by atoms with Crippen LogP contribution in [-0.2, 0) is 16.1 Å². The molecule has 1 fully saturated rings. The van der Waals surface area contributed by atoms with Crippen LogP contribution in [0.4, 0.5) is 5.69 Å². The van der Waals surface area contributed by atoms with E-state index in [2.05, 4.69) is 35.9 Å². The van der Waals surface area contributed by atoms with Crippen molar-refractivity contribution in [2.24, 2.45) is 11.1 Å². The number of nitriles is 1. The summed E-state index contributed by atoms with van der Waals surface area (Å²) in [6.07, 6.45) is 4.49. The SMILES string of the molecule is COc1ccc(C2C(C#N)=C(N)N(c3cccnc3)C3=C2C(=O)CC(C)(C)C3)cc1CN1CCOCC1. The van der Waals surface area contributed by atoms with Crippen molar-refractivity contribution < 1.29 is 14.3 Å². The van der Waals surface area contributed by atoms with Crippen molar-refractivity contribution in [3.8, 4) is 11.8 Å². The van der Waals surface area contributed by atoms with Gasteiger partial charge in [0.1, 0.15) is 11.6 Å². The number of Topliss-reactive ketones (excluding diaryl/α,β-unsaturated/α-hetero) is 1. The van der Waals surface area contributed by atoms with Crippen LogP contribution in [-0.4, -0.2) is 49.1 Å². The minimum absolute atomic E-state index is 0.0518.